The number of carbonyl (C=O) groups excluding carboxylic acids is 1. The van der Waals surface area contributed by atoms with E-state index in [1.165, 1.54) is 12.1 Å². The van der Waals surface area contributed by atoms with Gasteiger partial charge in [-0.15, -0.1) is 0 Å². The third-order valence-corrected chi connectivity index (χ3v) is 7.19. The number of fused-ring (bicyclic) bond motifs is 1. The molecule has 1 saturated heterocycles. The monoisotopic (exact) mass is 505 g/mol. The molecule has 1 saturated carbocycles. The second-order valence-corrected chi connectivity index (χ2v) is 11.2. The van der Waals surface area contributed by atoms with E-state index in [0.29, 0.717) is 24.3 Å². The zero-order chi connectivity index (χ0) is 25.3. The van der Waals surface area contributed by atoms with Gasteiger partial charge in [-0.05, 0) is 56.9 Å². The maximum Gasteiger partial charge on any atom is 0.418 e. The first-order chi connectivity index (χ1) is 17.3. The van der Waals surface area contributed by atoms with Crippen molar-refractivity contribution >= 4 is 18.2 Å². The summed E-state index contributed by atoms with van der Waals surface area (Å²) in [7, 11) is 0. The minimum atomic E-state index is -0.492. The second kappa shape index (κ2) is 10.0. The molecule has 2 unspecified atom stereocenters. The van der Waals surface area contributed by atoms with E-state index in [4.69, 9.17) is 9.26 Å². The van der Waals surface area contributed by atoms with E-state index < -0.39 is 11.7 Å². The molecule has 0 radical (unpaired) electrons. The van der Waals surface area contributed by atoms with Crippen LogP contribution in [-0.4, -0.2) is 43.8 Å². The SMILES string of the molecule is CCc1nccn1Cc1cc(-c2ccc(C#CC3C4CN(SNC(=O)OC(C)(C)C)CC34)cc2)on1. The van der Waals surface area contributed by atoms with Crippen LogP contribution in [0.15, 0.2) is 47.2 Å². The van der Waals surface area contributed by atoms with Crippen LogP contribution in [0.1, 0.15) is 44.8 Å². The number of benzene rings is 1. The Labute approximate surface area is 216 Å². The lowest BCUT2D eigenvalue weighted by atomic mass is 10.1. The highest BCUT2D eigenvalue weighted by molar-refractivity contribution is 7.95. The lowest BCUT2D eigenvalue weighted by Crippen LogP contribution is -2.32. The number of ether oxygens (including phenoxy) is 1. The number of imidazole rings is 1. The van der Waals surface area contributed by atoms with E-state index in [-0.39, 0.29) is 0 Å². The Hall–Kier alpha value is -3.22. The van der Waals surface area contributed by atoms with Crippen molar-refractivity contribution in [3.63, 3.8) is 0 Å². The van der Waals surface area contributed by atoms with Crippen molar-refractivity contribution < 1.29 is 14.1 Å². The molecular formula is C27H31N5O3S. The molecule has 2 fully saturated rings. The number of hydrogen-bond donors (Lipinski definition) is 1. The number of aryl methyl sites for hydroxylation is 1. The molecule has 5 rings (SSSR count). The van der Waals surface area contributed by atoms with Crippen molar-refractivity contribution in [1.29, 1.82) is 0 Å². The standard InChI is InChI=1S/C27H31N5O3S/c1-5-25-28-12-13-31(25)15-20-14-24(35-29-20)19-9-6-18(7-10-19)8-11-21-22-16-32(17-23(21)22)36-30-26(33)34-27(2,3)4/h6-7,9-10,12-14,21-23H,5,15-17H2,1-4H3,(H,30,33). The summed E-state index contributed by atoms with van der Waals surface area (Å²) >= 11 is 1.33. The zero-order valence-electron chi connectivity index (χ0n) is 21.0. The molecule has 1 amide bonds. The fraction of sp³-hybridized carbons (Fsp3) is 0.444. The molecule has 1 N–H and O–H groups in total. The van der Waals surface area contributed by atoms with Gasteiger partial charge in [-0.3, -0.25) is 4.72 Å². The first-order valence-corrected chi connectivity index (χ1v) is 13.0. The first-order valence-electron chi connectivity index (χ1n) is 12.3. The van der Waals surface area contributed by atoms with Gasteiger partial charge in [0.25, 0.3) is 0 Å². The summed E-state index contributed by atoms with van der Waals surface area (Å²) in [6, 6.07) is 10.1. The zero-order valence-corrected chi connectivity index (χ0v) is 21.8. The van der Waals surface area contributed by atoms with E-state index in [9.17, 15) is 4.79 Å². The Morgan fingerprint density at radius 1 is 1.25 bits per heavy atom. The summed E-state index contributed by atoms with van der Waals surface area (Å²) in [6.07, 6.45) is 4.25. The normalized spacial score (nSPS) is 20.9. The summed E-state index contributed by atoms with van der Waals surface area (Å²) in [5, 5.41) is 4.22. The van der Waals surface area contributed by atoms with Crippen molar-refractivity contribution in [1.82, 2.24) is 23.7 Å². The molecule has 0 spiro atoms. The summed E-state index contributed by atoms with van der Waals surface area (Å²) in [4.78, 5) is 16.2. The van der Waals surface area contributed by atoms with E-state index in [0.717, 1.165) is 47.9 Å². The Morgan fingerprint density at radius 2 is 2.00 bits per heavy atom. The smallest absolute Gasteiger partial charge is 0.418 e. The van der Waals surface area contributed by atoms with Crippen LogP contribution < -0.4 is 4.72 Å². The first kappa shape index (κ1) is 24.5. The lowest BCUT2D eigenvalue weighted by Gasteiger charge is -2.21. The number of nitrogens with zero attached hydrogens (tertiary/aromatic N) is 4. The van der Waals surface area contributed by atoms with Gasteiger partial charge in [0.15, 0.2) is 5.76 Å². The number of nitrogens with one attached hydrogen (secondary N) is 1. The molecule has 1 aliphatic heterocycles. The van der Waals surface area contributed by atoms with Gasteiger partial charge in [0.2, 0.25) is 0 Å². The molecule has 3 heterocycles. The average Bonchev–Trinajstić information content (AvgIpc) is 3.31. The molecule has 36 heavy (non-hydrogen) atoms. The van der Waals surface area contributed by atoms with Crippen LogP contribution in [0.5, 0.6) is 0 Å². The van der Waals surface area contributed by atoms with E-state index in [1.807, 2.05) is 63.5 Å². The predicted molar refractivity (Wildman–Crippen MR) is 139 cm³/mol. The minimum absolute atomic E-state index is 0.404. The Kier molecular flexibility index (Phi) is 6.82. The topological polar surface area (TPSA) is 85.4 Å². The van der Waals surface area contributed by atoms with Crippen LogP contribution in [0.4, 0.5) is 4.79 Å². The van der Waals surface area contributed by atoms with Gasteiger partial charge >= 0.3 is 6.09 Å². The minimum Gasteiger partial charge on any atom is -0.443 e. The van der Waals surface area contributed by atoms with E-state index in [1.54, 1.807) is 0 Å². The molecule has 2 aliphatic rings. The van der Waals surface area contributed by atoms with Crippen molar-refractivity contribution in [3.8, 4) is 23.2 Å². The van der Waals surface area contributed by atoms with Crippen LogP contribution >= 0.6 is 12.1 Å². The summed E-state index contributed by atoms with van der Waals surface area (Å²) in [5.74, 6) is 10.1. The molecule has 1 aliphatic carbocycles. The molecule has 8 nitrogen and oxygen atoms in total. The molecule has 0 bridgehead atoms. The summed E-state index contributed by atoms with van der Waals surface area (Å²) < 4.78 is 17.9. The Bertz CT molecular complexity index is 1270. The van der Waals surface area contributed by atoms with Gasteiger partial charge in [0.1, 0.15) is 17.1 Å². The van der Waals surface area contributed by atoms with Gasteiger partial charge in [-0.2, -0.15) is 0 Å². The number of carbonyl (C=O) groups is 1. The molecule has 2 aromatic heterocycles. The third-order valence-electron chi connectivity index (χ3n) is 6.38. The molecule has 9 heteroatoms. The number of amides is 1. The highest BCUT2D eigenvalue weighted by Gasteiger charge is 2.55. The van der Waals surface area contributed by atoms with E-state index in [2.05, 4.69) is 42.5 Å². The van der Waals surface area contributed by atoms with Crippen molar-refractivity contribution in [2.45, 2.75) is 46.3 Å². The van der Waals surface area contributed by atoms with Crippen LogP contribution in [0.2, 0.25) is 0 Å². The molecule has 3 aromatic rings. The maximum atomic E-state index is 11.8. The van der Waals surface area contributed by atoms with Crippen LogP contribution in [0.3, 0.4) is 0 Å². The second-order valence-electron chi connectivity index (χ2n) is 10.2. The highest BCUT2D eigenvalue weighted by Crippen LogP contribution is 2.52. The molecular weight excluding hydrogens is 474 g/mol. The predicted octanol–water partition coefficient (Wildman–Crippen LogP) is 4.77. The summed E-state index contributed by atoms with van der Waals surface area (Å²) in [5.41, 5.74) is 2.35. The Balaban J connectivity index is 1.10. The van der Waals surface area contributed by atoms with E-state index >= 15 is 0 Å². The number of aromatic nitrogens is 3. The lowest BCUT2D eigenvalue weighted by molar-refractivity contribution is 0.0573. The van der Waals surface area contributed by atoms with Crippen LogP contribution in [0, 0.1) is 29.6 Å². The van der Waals surface area contributed by atoms with Crippen LogP contribution in [0.25, 0.3) is 11.3 Å². The van der Waals surface area contributed by atoms with Crippen molar-refractivity contribution in [3.05, 3.63) is 59.8 Å². The molecule has 2 atom stereocenters. The number of piperidine rings is 1. The fourth-order valence-corrected chi connectivity index (χ4v) is 5.30. The van der Waals surface area contributed by atoms with Gasteiger partial charge in [0.05, 0.1) is 6.54 Å². The Morgan fingerprint density at radius 3 is 2.69 bits per heavy atom. The van der Waals surface area contributed by atoms with Gasteiger partial charge in [-0.25, -0.2) is 14.1 Å². The van der Waals surface area contributed by atoms with Crippen LogP contribution in [-0.2, 0) is 17.7 Å². The number of hydrogen-bond acceptors (Lipinski definition) is 7. The van der Waals surface area contributed by atoms with Crippen molar-refractivity contribution in [2.75, 3.05) is 13.1 Å². The number of rotatable bonds is 6. The molecule has 1 aromatic carbocycles. The van der Waals surface area contributed by atoms with Gasteiger partial charge < -0.3 is 13.8 Å². The van der Waals surface area contributed by atoms with Crippen molar-refractivity contribution in [2.24, 2.45) is 17.8 Å². The average molecular weight is 506 g/mol. The largest absolute Gasteiger partial charge is 0.443 e. The quantitative estimate of drug-likeness (QED) is 0.382. The molecule has 188 valence electrons. The maximum absolute atomic E-state index is 11.8. The third kappa shape index (κ3) is 5.77. The highest BCUT2D eigenvalue weighted by atomic mass is 32.2. The fourth-order valence-electron chi connectivity index (χ4n) is 4.56. The van der Waals surface area contributed by atoms with Gasteiger partial charge in [-0.1, -0.05) is 23.9 Å². The summed E-state index contributed by atoms with van der Waals surface area (Å²) in [6.45, 7) is 10.2. The van der Waals surface area contributed by atoms with Gasteiger partial charge in [0, 0.05) is 67.1 Å².